The number of carbonyl (C=O) groups is 2. The molecule has 35 heavy (non-hydrogen) atoms. The van der Waals surface area contributed by atoms with E-state index in [9.17, 15) is 14.0 Å². The van der Waals surface area contributed by atoms with Gasteiger partial charge in [-0.1, -0.05) is 56.6 Å². The Morgan fingerprint density at radius 3 is 2.40 bits per heavy atom. The summed E-state index contributed by atoms with van der Waals surface area (Å²) in [6.07, 6.45) is 0.841. The zero-order valence-corrected chi connectivity index (χ0v) is 23.6. The number of rotatable bonds is 7. The van der Waals surface area contributed by atoms with E-state index < -0.39 is 14.1 Å². The van der Waals surface area contributed by atoms with Crippen LogP contribution in [0.1, 0.15) is 62.9 Å². The number of nitrogens with zero attached hydrogens (tertiary/aromatic N) is 1. The predicted molar refractivity (Wildman–Crippen MR) is 142 cm³/mol. The Morgan fingerprint density at radius 2 is 1.80 bits per heavy atom. The van der Waals surface area contributed by atoms with Gasteiger partial charge in [-0.3, -0.25) is 9.59 Å². The number of Topliss-reactive ketones (excluding diaryl/α,β-unsaturated/α-hetero) is 1. The van der Waals surface area contributed by atoms with E-state index in [2.05, 4.69) is 33.9 Å². The molecule has 2 aromatic carbocycles. The summed E-state index contributed by atoms with van der Waals surface area (Å²) < 4.78 is 21.1. The summed E-state index contributed by atoms with van der Waals surface area (Å²) in [4.78, 5) is 27.5. The van der Waals surface area contributed by atoms with Gasteiger partial charge in [-0.2, -0.15) is 0 Å². The highest BCUT2D eigenvalue weighted by Crippen LogP contribution is 2.39. The van der Waals surface area contributed by atoms with Gasteiger partial charge in [-0.15, -0.1) is 0 Å². The molecule has 0 saturated carbocycles. The smallest absolute Gasteiger partial charge is 0.228 e. The van der Waals surface area contributed by atoms with E-state index >= 15 is 0 Å². The lowest BCUT2D eigenvalue weighted by Gasteiger charge is -2.45. The van der Waals surface area contributed by atoms with Crippen molar-refractivity contribution in [2.75, 3.05) is 6.61 Å². The lowest BCUT2D eigenvalue weighted by Crippen LogP contribution is -2.52. The topological polar surface area (TPSA) is 46.6 Å². The molecule has 1 aliphatic heterocycles. The first-order valence-corrected chi connectivity index (χ1v) is 15.5. The molecule has 0 saturated heterocycles. The van der Waals surface area contributed by atoms with E-state index in [1.165, 1.54) is 12.1 Å². The molecule has 0 N–H and O–H groups in total. The maximum absolute atomic E-state index is 14.5. The van der Waals surface area contributed by atoms with Crippen LogP contribution < -0.4 is 0 Å². The molecule has 0 unspecified atom stereocenters. The highest BCUT2D eigenvalue weighted by Gasteiger charge is 2.41. The summed E-state index contributed by atoms with van der Waals surface area (Å²) in [5.41, 5.74) is 3.36. The number of hydrogen-bond donors (Lipinski definition) is 0. The minimum absolute atomic E-state index is 0.0283. The van der Waals surface area contributed by atoms with Crippen LogP contribution in [0, 0.1) is 5.82 Å². The molecule has 0 fully saturated rings. The number of amides is 1. The lowest BCUT2D eigenvalue weighted by molar-refractivity contribution is -0.137. The van der Waals surface area contributed by atoms with Crippen molar-refractivity contribution in [3.05, 3.63) is 69.5 Å². The third kappa shape index (κ3) is 6.04. The highest BCUT2D eigenvalue weighted by atomic mass is 35.5. The lowest BCUT2D eigenvalue weighted by atomic mass is 9.84. The van der Waals surface area contributed by atoms with Crippen LogP contribution in [-0.2, 0) is 33.3 Å². The Bertz CT molecular complexity index is 1090. The molecule has 0 bridgehead atoms. The van der Waals surface area contributed by atoms with Crippen molar-refractivity contribution in [2.24, 2.45) is 0 Å². The number of halogens is 2. The van der Waals surface area contributed by atoms with Gasteiger partial charge in [0.05, 0.1) is 25.1 Å². The zero-order valence-electron chi connectivity index (χ0n) is 21.9. The van der Waals surface area contributed by atoms with Gasteiger partial charge in [-0.05, 0) is 67.2 Å². The van der Waals surface area contributed by atoms with Crippen molar-refractivity contribution in [1.82, 2.24) is 4.90 Å². The number of hydrogen-bond acceptors (Lipinski definition) is 3. The van der Waals surface area contributed by atoms with Gasteiger partial charge in [0, 0.05) is 17.0 Å². The molecule has 1 aliphatic rings. The third-order valence-electron chi connectivity index (χ3n) is 7.57. The summed E-state index contributed by atoms with van der Waals surface area (Å²) in [5.74, 6) is -0.558. The van der Waals surface area contributed by atoms with Crippen molar-refractivity contribution in [1.29, 1.82) is 0 Å². The molecule has 2 atom stereocenters. The molecule has 4 nitrogen and oxygen atoms in total. The molecule has 2 aromatic rings. The fourth-order valence-corrected chi connectivity index (χ4v) is 5.82. The first kappa shape index (κ1) is 27.6. The molecule has 0 aromatic heterocycles. The molecule has 1 amide bonds. The van der Waals surface area contributed by atoms with Gasteiger partial charge in [0.25, 0.3) is 0 Å². The first-order valence-electron chi connectivity index (χ1n) is 12.2. The van der Waals surface area contributed by atoms with Crippen molar-refractivity contribution in [3.63, 3.8) is 0 Å². The monoisotopic (exact) mass is 517 g/mol. The average molecular weight is 518 g/mol. The summed E-state index contributed by atoms with van der Waals surface area (Å²) >= 11 is 6.24. The van der Waals surface area contributed by atoms with Crippen LogP contribution in [-0.4, -0.2) is 37.6 Å². The van der Waals surface area contributed by atoms with Crippen molar-refractivity contribution < 1.29 is 18.4 Å². The van der Waals surface area contributed by atoms with Crippen LogP contribution in [0.3, 0.4) is 0 Å². The van der Waals surface area contributed by atoms with Crippen LogP contribution in [0.4, 0.5) is 4.39 Å². The molecule has 0 spiro atoms. The second-order valence-corrected chi connectivity index (χ2v) is 16.4. The van der Waals surface area contributed by atoms with Gasteiger partial charge >= 0.3 is 0 Å². The van der Waals surface area contributed by atoms with Gasteiger partial charge in [-0.25, -0.2) is 4.39 Å². The Balaban J connectivity index is 1.99. The minimum atomic E-state index is -2.07. The Morgan fingerprint density at radius 1 is 1.14 bits per heavy atom. The van der Waals surface area contributed by atoms with Crippen molar-refractivity contribution in [2.45, 2.75) is 84.1 Å². The molecule has 0 radical (unpaired) electrons. The Kier molecular flexibility index (Phi) is 8.29. The molecular weight excluding hydrogens is 481 g/mol. The van der Waals surface area contributed by atoms with Gasteiger partial charge < -0.3 is 9.33 Å². The first-order chi connectivity index (χ1) is 16.2. The SMILES string of the molecule is CC(=O)Cc1cccc2c1C[C@H](CO[Si](C)(C)C(C)(C)C)N(C(=O)Cc1c(F)cccc1Cl)[C@H]2C. The zero-order chi connectivity index (χ0) is 26.1. The largest absolute Gasteiger partial charge is 0.415 e. The summed E-state index contributed by atoms with van der Waals surface area (Å²) in [5, 5.41) is 0.279. The maximum atomic E-state index is 14.5. The summed E-state index contributed by atoms with van der Waals surface area (Å²) in [6.45, 7) is 14.9. The number of carbonyl (C=O) groups excluding carboxylic acids is 2. The van der Waals surface area contributed by atoms with Gasteiger partial charge in [0.1, 0.15) is 11.6 Å². The molecule has 7 heteroatoms. The van der Waals surface area contributed by atoms with Crippen molar-refractivity contribution >= 4 is 31.6 Å². The van der Waals surface area contributed by atoms with Crippen LogP contribution in [0.25, 0.3) is 0 Å². The second-order valence-electron chi connectivity index (χ2n) is 11.1. The molecule has 1 heterocycles. The van der Waals surface area contributed by atoms with Crippen LogP contribution in [0.15, 0.2) is 36.4 Å². The maximum Gasteiger partial charge on any atom is 0.228 e. The van der Waals surface area contributed by atoms with E-state index in [1.54, 1.807) is 13.0 Å². The third-order valence-corrected chi connectivity index (χ3v) is 12.4. The molecular formula is C28H37ClFNO3Si. The second kappa shape index (κ2) is 10.5. The Labute approximate surface area is 214 Å². The quantitative estimate of drug-likeness (QED) is 0.384. The van der Waals surface area contributed by atoms with E-state index in [-0.39, 0.29) is 45.8 Å². The summed E-state index contributed by atoms with van der Waals surface area (Å²) in [7, 11) is -2.07. The normalized spacial score (nSPS) is 18.4. The standard InChI is InChI=1S/C28H37ClFNO3Si/c1-18(32)14-20-10-8-11-22-19(2)31(27(33)16-24-25(29)12-9-13-26(24)30)21(15-23(20)22)17-34-35(6,7)28(3,4)5/h8-13,19,21H,14-17H2,1-7H3/t19-,21+/m0/s1. The molecule has 0 aliphatic carbocycles. The predicted octanol–water partition coefficient (Wildman–Crippen LogP) is 6.69. The average Bonchev–Trinajstić information content (AvgIpc) is 2.74. The minimum Gasteiger partial charge on any atom is -0.415 e. The van der Waals surface area contributed by atoms with Crippen LogP contribution >= 0.6 is 11.6 Å². The number of benzene rings is 2. The Hall–Kier alpha value is -2.02. The highest BCUT2D eigenvalue weighted by molar-refractivity contribution is 6.74. The number of fused-ring (bicyclic) bond motifs is 1. The molecule has 190 valence electrons. The van der Waals surface area contributed by atoms with Gasteiger partial charge in [0.2, 0.25) is 5.91 Å². The summed E-state index contributed by atoms with van der Waals surface area (Å²) in [6, 6.07) is 9.97. The van der Waals surface area contributed by atoms with E-state index in [4.69, 9.17) is 16.0 Å². The number of ketones is 1. The van der Waals surface area contributed by atoms with Crippen molar-refractivity contribution in [3.8, 4) is 0 Å². The van der Waals surface area contributed by atoms with E-state index in [1.807, 2.05) is 30.0 Å². The van der Waals surface area contributed by atoms with Gasteiger partial charge in [0.15, 0.2) is 8.32 Å². The fraction of sp³-hybridized carbons (Fsp3) is 0.500. The van der Waals surface area contributed by atoms with E-state index in [0.717, 1.165) is 16.7 Å². The van der Waals surface area contributed by atoms with Crippen LogP contribution in [0.2, 0.25) is 23.2 Å². The molecule has 3 rings (SSSR count). The van der Waals surface area contributed by atoms with Crippen LogP contribution in [0.5, 0.6) is 0 Å². The van der Waals surface area contributed by atoms with E-state index in [0.29, 0.717) is 19.4 Å². The fourth-order valence-electron chi connectivity index (χ4n) is 4.55.